The van der Waals surface area contributed by atoms with Gasteiger partial charge in [-0.2, -0.15) is 0 Å². The van der Waals surface area contributed by atoms with Crippen molar-refractivity contribution in [2.75, 3.05) is 18.0 Å². The molecule has 5 nitrogen and oxygen atoms in total. The summed E-state index contributed by atoms with van der Waals surface area (Å²) < 4.78 is 0. The number of aromatic nitrogens is 2. The van der Waals surface area contributed by atoms with Crippen LogP contribution in [0.3, 0.4) is 0 Å². The van der Waals surface area contributed by atoms with E-state index in [4.69, 9.17) is 9.97 Å². The van der Waals surface area contributed by atoms with E-state index in [1.165, 1.54) is 11.1 Å². The summed E-state index contributed by atoms with van der Waals surface area (Å²) in [5, 5.41) is 3.15. The third-order valence-electron chi connectivity index (χ3n) is 5.71. The van der Waals surface area contributed by atoms with Gasteiger partial charge in [0.05, 0.1) is 12.6 Å². The number of aryl methyl sites for hydroxylation is 1. The van der Waals surface area contributed by atoms with Crippen LogP contribution in [0.2, 0.25) is 0 Å². The summed E-state index contributed by atoms with van der Waals surface area (Å²) in [5.74, 6) is 1.76. The van der Waals surface area contributed by atoms with Crippen LogP contribution in [0.5, 0.6) is 0 Å². The van der Waals surface area contributed by atoms with E-state index >= 15 is 0 Å². The Labute approximate surface area is 170 Å². The van der Waals surface area contributed by atoms with Crippen LogP contribution in [0.4, 0.5) is 5.82 Å². The number of amides is 1. The lowest BCUT2D eigenvalue weighted by atomic mass is 10.0. The number of carbonyl (C=O) groups is 1. The van der Waals surface area contributed by atoms with Gasteiger partial charge in [0, 0.05) is 23.4 Å². The molecule has 3 aromatic rings. The van der Waals surface area contributed by atoms with Crippen molar-refractivity contribution in [1.82, 2.24) is 15.3 Å². The Morgan fingerprint density at radius 2 is 1.72 bits per heavy atom. The number of rotatable bonds is 4. The molecule has 5 rings (SSSR count). The number of nitrogens with zero attached hydrogens (tertiary/aromatic N) is 3. The van der Waals surface area contributed by atoms with E-state index in [-0.39, 0.29) is 11.9 Å². The second kappa shape index (κ2) is 7.66. The maximum absolute atomic E-state index is 12.5. The van der Waals surface area contributed by atoms with Gasteiger partial charge in [-0.3, -0.25) is 4.79 Å². The minimum atomic E-state index is 0.0591. The first-order chi connectivity index (χ1) is 14.3. The zero-order valence-electron chi connectivity index (χ0n) is 16.3. The van der Waals surface area contributed by atoms with E-state index in [0.29, 0.717) is 6.54 Å². The van der Waals surface area contributed by atoms with E-state index < -0.39 is 0 Å². The molecule has 2 aromatic carbocycles. The van der Waals surface area contributed by atoms with Crippen LogP contribution in [-0.4, -0.2) is 35.0 Å². The lowest BCUT2D eigenvalue weighted by Crippen LogP contribution is -2.55. The fourth-order valence-corrected chi connectivity index (χ4v) is 4.39. The van der Waals surface area contributed by atoms with Crippen molar-refractivity contribution in [1.29, 1.82) is 0 Å². The quantitative estimate of drug-likeness (QED) is 0.751. The van der Waals surface area contributed by atoms with Crippen LogP contribution in [0.25, 0.3) is 11.4 Å². The molecule has 1 aromatic heterocycles. The number of fused-ring (bicyclic) bond motifs is 1. The molecule has 1 atom stereocenters. The van der Waals surface area contributed by atoms with Crippen LogP contribution in [-0.2, 0) is 24.1 Å². The van der Waals surface area contributed by atoms with Gasteiger partial charge in [-0.05, 0) is 31.2 Å². The highest BCUT2D eigenvalue weighted by Crippen LogP contribution is 2.32. The largest absolute Gasteiger partial charge is 0.350 e. The molecule has 2 heterocycles. The Kier molecular flexibility index (Phi) is 4.72. The van der Waals surface area contributed by atoms with Crippen molar-refractivity contribution >= 4 is 11.7 Å². The van der Waals surface area contributed by atoms with Crippen molar-refractivity contribution in [3.63, 3.8) is 0 Å². The Morgan fingerprint density at radius 1 is 0.966 bits per heavy atom. The lowest BCUT2D eigenvalue weighted by molar-refractivity contribution is -0.121. The monoisotopic (exact) mass is 384 g/mol. The number of carbonyl (C=O) groups excluding carboxylic acids is 1. The summed E-state index contributed by atoms with van der Waals surface area (Å²) >= 11 is 0. The van der Waals surface area contributed by atoms with E-state index in [2.05, 4.69) is 22.3 Å². The Balaban J connectivity index is 1.47. The predicted octanol–water partition coefficient (Wildman–Crippen LogP) is 3.18. The smallest absolute Gasteiger partial charge is 0.239 e. The van der Waals surface area contributed by atoms with Gasteiger partial charge in [0.1, 0.15) is 5.82 Å². The summed E-state index contributed by atoms with van der Waals surface area (Å²) in [6.07, 6.45) is 3.89. The standard InChI is InChI=1S/C24H24N4O/c29-22-16-28(15-19(25-22)14-17-8-3-1-4-9-17)24-20-12-7-13-21(20)26-23(27-24)18-10-5-2-6-11-18/h1-6,8-11,19H,7,12-16H2,(H,25,29)/t19-/m0/s1. The van der Waals surface area contributed by atoms with Crippen molar-refractivity contribution in [3.05, 3.63) is 77.5 Å². The van der Waals surface area contributed by atoms with Gasteiger partial charge in [-0.25, -0.2) is 9.97 Å². The average Bonchev–Trinajstić information content (AvgIpc) is 3.23. The number of benzene rings is 2. The van der Waals surface area contributed by atoms with Crippen LogP contribution >= 0.6 is 0 Å². The SMILES string of the molecule is O=C1CN(c2nc(-c3ccccc3)nc3c2CCC3)C[C@H](Cc2ccccc2)N1. The molecule has 1 fully saturated rings. The van der Waals surface area contributed by atoms with Gasteiger partial charge in [0.25, 0.3) is 0 Å². The fourth-order valence-electron chi connectivity index (χ4n) is 4.39. The molecule has 29 heavy (non-hydrogen) atoms. The van der Waals surface area contributed by atoms with E-state index in [1.807, 2.05) is 48.5 Å². The first-order valence-corrected chi connectivity index (χ1v) is 10.3. The van der Waals surface area contributed by atoms with E-state index in [1.54, 1.807) is 0 Å². The van der Waals surface area contributed by atoms with Gasteiger partial charge >= 0.3 is 0 Å². The maximum Gasteiger partial charge on any atom is 0.239 e. The lowest BCUT2D eigenvalue weighted by Gasteiger charge is -2.35. The molecule has 1 amide bonds. The highest BCUT2D eigenvalue weighted by atomic mass is 16.2. The Bertz CT molecular complexity index is 1020. The normalized spacial score (nSPS) is 18.4. The second-order valence-electron chi connectivity index (χ2n) is 7.85. The summed E-state index contributed by atoms with van der Waals surface area (Å²) in [5.41, 5.74) is 4.61. The zero-order valence-corrected chi connectivity index (χ0v) is 16.3. The Hall–Kier alpha value is -3.21. The minimum Gasteiger partial charge on any atom is -0.350 e. The molecule has 0 saturated carbocycles. The highest BCUT2D eigenvalue weighted by Gasteiger charge is 2.30. The predicted molar refractivity (Wildman–Crippen MR) is 114 cm³/mol. The van der Waals surface area contributed by atoms with Crippen molar-refractivity contribution in [2.24, 2.45) is 0 Å². The van der Waals surface area contributed by atoms with E-state index in [0.717, 1.165) is 55.1 Å². The number of anilines is 1. The number of hydrogen-bond donors (Lipinski definition) is 1. The Morgan fingerprint density at radius 3 is 2.52 bits per heavy atom. The molecule has 1 N–H and O–H groups in total. The molecule has 1 aliphatic heterocycles. The molecule has 2 aliphatic rings. The van der Waals surface area contributed by atoms with Crippen molar-refractivity contribution in [3.8, 4) is 11.4 Å². The molecule has 0 radical (unpaired) electrons. The molecule has 0 unspecified atom stereocenters. The molecule has 1 aliphatic carbocycles. The fraction of sp³-hybridized carbons (Fsp3) is 0.292. The highest BCUT2D eigenvalue weighted by molar-refractivity contribution is 5.83. The van der Waals surface area contributed by atoms with Crippen LogP contribution in [0, 0.1) is 0 Å². The van der Waals surface area contributed by atoms with Gasteiger partial charge in [-0.15, -0.1) is 0 Å². The van der Waals surface area contributed by atoms with Gasteiger partial charge in [0.15, 0.2) is 5.82 Å². The molecule has 146 valence electrons. The van der Waals surface area contributed by atoms with Crippen molar-refractivity contribution < 1.29 is 4.79 Å². The molecule has 0 bridgehead atoms. The summed E-state index contributed by atoms with van der Waals surface area (Å²) in [6.45, 7) is 1.11. The van der Waals surface area contributed by atoms with Crippen molar-refractivity contribution in [2.45, 2.75) is 31.7 Å². The molecular formula is C24H24N4O. The molecule has 0 spiro atoms. The summed E-state index contributed by atoms with van der Waals surface area (Å²) in [4.78, 5) is 24.5. The third kappa shape index (κ3) is 3.73. The van der Waals surface area contributed by atoms with Crippen LogP contribution < -0.4 is 10.2 Å². The summed E-state index contributed by atoms with van der Waals surface area (Å²) in [6, 6.07) is 20.5. The van der Waals surface area contributed by atoms with Gasteiger partial charge in [-0.1, -0.05) is 60.7 Å². The molecular weight excluding hydrogens is 360 g/mol. The molecule has 5 heteroatoms. The van der Waals surface area contributed by atoms with Crippen LogP contribution in [0.1, 0.15) is 23.2 Å². The average molecular weight is 384 g/mol. The maximum atomic E-state index is 12.5. The number of hydrogen-bond acceptors (Lipinski definition) is 4. The van der Waals surface area contributed by atoms with E-state index in [9.17, 15) is 4.79 Å². The summed E-state index contributed by atoms with van der Waals surface area (Å²) in [7, 11) is 0. The zero-order chi connectivity index (χ0) is 19.6. The topological polar surface area (TPSA) is 58.1 Å². The first-order valence-electron chi connectivity index (χ1n) is 10.3. The van der Waals surface area contributed by atoms with Gasteiger partial charge in [0.2, 0.25) is 5.91 Å². The minimum absolute atomic E-state index is 0.0591. The number of nitrogens with one attached hydrogen (secondary N) is 1. The second-order valence-corrected chi connectivity index (χ2v) is 7.85. The van der Waals surface area contributed by atoms with Crippen LogP contribution in [0.15, 0.2) is 60.7 Å². The first kappa shape index (κ1) is 17.9. The number of piperazine rings is 1. The van der Waals surface area contributed by atoms with Gasteiger partial charge < -0.3 is 10.2 Å². The molecule has 1 saturated heterocycles. The third-order valence-corrected chi connectivity index (χ3v) is 5.71.